The number of anilines is 1. The lowest BCUT2D eigenvalue weighted by atomic mass is 10.1. The van der Waals surface area contributed by atoms with E-state index in [1.165, 1.54) is 10.5 Å². The van der Waals surface area contributed by atoms with Crippen LogP contribution in [0.4, 0.5) is 5.69 Å². The van der Waals surface area contributed by atoms with Gasteiger partial charge in [-0.3, -0.25) is 9.69 Å². The minimum atomic E-state index is -0.162. The van der Waals surface area contributed by atoms with Gasteiger partial charge < -0.3 is 9.88 Å². The average molecular weight is 472 g/mol. The van der Waals surface area contributed by atoms with Gasteiger partial charge in [-0.2, -0.15) is 0 Å². The first-order valence-electron chi connectivity index (χ1n) is 10.8. The lowest BCUT2D eigenvalue weighted by Crippen LogP contribution is -2.30. The molecule has 0 bridgehead atoms. The number of nitrogens with one attached hydrogen (secondary N) is 1. The highest BCUT2D eigenvalue weighted by molar-refractivity contribution is 7.80. The second kappa shape index (κ2) is 8.85. The van der Waals surface area contributed by atoms with Gasteiger partial charge in [0.1, 0.15) is 5.70 Å². The van der Waals surface area contributed by atoms with E-state index in [0.29, 0.717) is 17.4 Å². The first-order chi connectivity index (χ1) is 16.1. The Kier molecular flexibility index (Phi) is 5.75. The molecule has 1 amide bonds. The second-order valence-electron chi connectivity index (χ2n) is 7.93. The predicted molar refractivity (Wildman–Crippen MR) is 140 cm³/mol. The summed E-state index contributed by atoms with van der Waals surface area (Å²) in [5.41, 5.74) is 5.62. The number of nitrogens with zero attached hydrogens (tertiary/aromatic N) is 2. The average Bonchev–Trinajstić information content (AvgIpc) is 3.32. The Labute approximate surface area is 203 Å². The zero-order valence-electron chi connectivity index (χ0n) is 18.1. The highest BCUT2D eigenvalue weighted by Gasteiger charge is 2.32. The van der Waals surface area contributed by atoms with E-state index in [1.807, 2.05) is 60.7 Å². The quantitative estimate of drug-likeness (QED) is 0.279. The van der Waals surface area contributed by atoms with Gasteiger partial charge in [0, 0.05) is 28.7 Å². The highest BCUT2D eigenvalue weighted by atomic mass is 35.5. The van der Waals surface area contributed by atoms with Crippen LogP contribution in [-0.2, 0) is 17.8 Å². The van der Waals surface area contributed by atoms with Crippen molar-refractivity contribution in [2.45, 2.75) is 19.9 Å². The van der Waals surface area contributed by atoms with Crippen LogP contribution >= 0.6 is 23.8 Å². The van der Waals surface area contributed by atoms with E-state index in [9.17, 15) is 4.79 Å². The van der Waals surface area contributed by atoms with Crippen LogP contribution in [-0.4, -0.2) is 15.6 Å². The third kappa shape index (κ3) is 3.94. The molecule has 33 heavy (non-hydrogen) atoms. The Balaban J connectivity index is 1.59. The van der Waals surface area contributed by atoms with Crippen molar-refractivity contribution in [2.75, 3.05) is 4.90 Å². The summed E-state index contributed by atoms with van der Waals surface area (Å²) in [6, 6.07) is 23.6. The van der Waals surface area contributed by atoms with Crippen molar-refractivity contribution in [1.29, 1.82) is 0 Å². The van der Waals surface area contributed by atoms with Crippen molar-refractivity contribution in [3.8, 4) is 0 Å². The Bertz CT molecular complexity index is 1410. The topological polar surface area (TPSA) is 37.3 Å². The van der Waals surface area contributed by atoms with Gasteiger partial charge in [0.25, 0.3) is 5.91 Å². The molecule has 0 unspecified atom stereocenters. The van der Waals surface area contributed by atoms with E-state index in [1.54, 1.807) is 0 Å². The maximum Gasteiger partial charge on any atom is 0.281 e. The first kappa shape index (κ1) is 21.4. The minimum Gasteiger partial charge on any atom is -0.342 e. The fourth-order valence-corrected chi connectivity index (χ4v) is 4.80. The third-order valence-corrected chi connectivity index (χ3v) is 6.54. The number of para-hydroxylation sites is 2. The maximum atomic E-state index is 13.2. The first-order valence-corrected chi connectivity index (χ1v) is 11.6. The van der Waals surface area contributed by atoms with Crippen molar-refractivity contribution in [3.63, 3.8) is 0 Å². The number of benzene rings is 3. The molecular formula is C27H22ClN3OS. The van der Waals surface area contributed by atoms with Crippen LogP contribution < -0.4 is 10.2 Å². The molecular weight excluding hydrogens is 450 g/mol. The SMILES string of the molecule is CCc1cccc2c(/C=C3\NC(=S)N(c4ccccc4)C3=O)cn(Cc3ccccc3Cl)c12. The van der Waals surface area contributed by atoms with Crippen molar-refractivity contribution in [1.82, 2.24) is 9.88 Å². The molecule has 0 spiro atoms. The zero-order valence-corrected chi connectivity index (χ0v) is 19.7. The summed E-state index contributed by atoms with van der Waals surface area (Å²) in [6.07, 6.45) is 4.88. The number of fused-ring (bicyclic) bond motifs is 1. The summed E-state index contributed by atoms with van der Waals surface area (Å²) < 4.78 is 2.22. The Morgan fingerprint density at radius 1 is 0.970 bits per heavy atom. The molecule has 0 atom stereocenters. The number of carbonyl (C=O) groups excluding carboxylic acids is 1. The van der Waals surface area contributed by atoms with E-state index >= 15 is 0 Å². The van der Waals surface area contributed by atoms with Crippen LogP contribution in [0.1, 0.15) is 23.6 Å². The predicted octanol–water partition coefficient (Wildman–Crippen LogP) is 6.17. The summed E-state index contributed by atoms with van der Waals surface area (Å²) in [6.45, 7) is 2.80. The molecule has 2 heterocycles. The number of hydrogen-bond acceptors (Lipinski definition) is 2. The van der Waals surface area contributed by atoms with Gasteiger partial charge in [-0.1, -0.05) is 73.1 Å². The molecule has 0 saturated carbocycles. The van der Waals surface area contributed by atoms with Crippen LogP contribution in [0.5, 0.6) is 0 Å². The molecule has 1 aliphatic heterocycles. The van der Waals surface area contributed by atoms with Gasteiger partial charge in [-0.05, 0) is 54.0 Å². The second-order valence-corrected chi connectivity index (χ2v) is 8.73. The lowest BCUT2D eigenvalue weighted by molar-refractivity contribution is -0.113. The fraction of sp³-hybridized carbons (Fsp3) is 0.111. The molecule has 5 rings (SSSR count). The minimum absolute atomic E-state index is 0.162. The van der Waals surface area contributed by atoms with Crippen molar-refractivity contribution >= 4 is 57.5 Å². The number of thiocarbonyl (C=S) groups is 1. The van der Waals surface area contributed by atoms with Crippen molar-refractivity contribution in [3.05, 3.63) is 106 Å². The summed E-state index contributed by atoms with van der Waals surface area (Å²) in [5.74, 6) is -0.162. The third-order valence-electron chi connectivity index (χ3n) is 5.88. The molecule has 0 aliphatic carbocycles. The van der Waals surface area contributed by atoms with Crippen LogP contribution in [0.2, 0.25) is 5.02 Å². The van der Waals surface area contributed by atoms with Crippen molar-refractivity contribution < 1.29 is 4.79 Å². The molecule has 6 heteroatoms. The lowest BCUT2D eigenvalue weighted by Gasteiger charge is -2.13. The van der Waals surface area contributed by atoms with Crippen molar-refractivity contribution in [2.24, 2.45) is 0 Å². The smallest absolute Gasteiger partial charge is 0.281 e. The van der Waals surface area contributed by atoms with E-state index in [2.05, 4.69) is 41.2 Å². The van der Waals surface area contributed by atoms with Gasteiger partial charge >= 0.3 is 0 Å². The number of aromatic nitrogens is 1. The highest BCUT2D eigenvalue weighted by Crippen LogP contribution is 2.30. The monoisotopic (exact) mass is 471 g/mol. The van der Waals surface area contributed by atoms with E-state index < -0.39 is 0 Å². The van der Waals surface area contributed by atoms with E-state index in [0.717, 1.165) is 39.2 Å². The summed E-state index contributed by atoms with van der Waals surface area (Å²) in [5, 5.41) is 5.31. The van der Waals surface area contributed by atoms with E-state index in [-0.39, 0.29) is 5.91 Å². The Hall–Kier alpha value is -3.41. The molecule has 1 N–H and O–H groups in total. The molecule has 1 aliphatic rings. The number of carbonyl (C=O) groups is 1. The van der Waals surface area contributed by atoms with Gasteiger partial charge in [0.15, 0.2) is 5.11 Å². The molecule has 0 radical (unpaired) electrons. The number of rotatable bonds is 5. The molecule has 1 saturated heterocycles. The van der Waals surface area contributed by atoms with Gasteiger partial charge in [0.2, 0.25) is 0 Å². The molecule has 4 nitrogen and oxygen atoms in total. The Morgan fingerprint density at radius 2 is 1.70 bits per heavy atom. The normalized spacial score (nSPS) is 15.0. The van der Waals surface area contributed by atoms with Gasteiger partial charge in [0.05, 0.1) is 11.2 Å². The number of aryl methyl sites for hydroxylation is 1. The molecule has 4 aromatic rings. The summed E-state index contributed by atoms with van der Waals surface area (Å²) in [4.78, 5) is 14.7. The van der Waals surface area contributed by atoms with Gasteiger partial charge in [-0.15, -0.1) is 0 Å². The van der Waals surface area contributed by atoms with Crippen LogP contribution in [0.15, 0.2) is 84.7 Å². The summed E-state index contributed by atoms with van der Waals surface area (Å²) in [7, 11) is 0. The maximum absolute atomic E-state index is 13.2. The summed E-state index contributed by atoms with van der Waals surface area (Å²) >= 11 is 11.9. The van der Waals surface area contributed by atoms with Crippen LogP contribution in [0.25, 0.3) is 17.0 Å². The molecule has 1 fully saturated rings. The largest absolute Gasteiger partial charge is 0.342 e. The zero-order chi connectivity index (χ0) is 22.9. The fourth-order valence-electron chi connectivity index (χ4n) is 4.30. The molecule has 3 aromatic carbocycles. The van der Waals surface area contributed by atoms with Gasteiger partial charge in [-0.25, -0.2) is 0 Å². The number of hydrogen-bond donors (Lipinski definition) is 1. The Morgan fingerprint density at radius 3 is 2.45 bits per heavy atom. The molecule has 164 valence electrons. The number of amides is 1. The molecule has 1 aromatic heterocycles. The van der Waals surface area contributed by atoms with Crippen LogP contribution in [0.3, 0.4) is 0 Å². The van der Waals surface area contributed by atoms with E-state index in [4.69, 9.17) is 23.8 Å². The number of halogens is 1. The van der Waals surface area contributed by atoms with Crippen LogP contribution in [0, 0.1) is 0 Å². The standard InChI is InChI=1S/C27H22ClN3OS/c1-2-18-10-8-13-22-20(17-30(25(18)22)16-19-9-6-7-14-23(19)28)15-24-26(32)31(27(33)29-24)21-11-4-3-5-12-21/h3-15,17H,2,16H2,1H3,(H,29,33)/b24-15-.